The summed E-state index contributed by atoms with van der Waals surface area (Å²) in [7, 11) is 1.36. The summed E-state index contributed by atoms with van der Waals surface area (Å²) in [6, 6.07) is 0. The molecule has 1 atom stereocenters. The Hall–Kier alpha value is -0.830. The summed E-state index contributed by atoms with van der Waals surface area (Å²) < 4.78 is 4.59. The molecule has 0 fully saturated rings. The molecule has 0 heterocycles. The average molecular weight is 157 g/mol. The SMILES string of the molecule is C=CC(C)(CCN)C(=O)OC. The van der Waals surface area contributed by atoms with Crippen molar-refractivity contribution in [3.05, 3.63) is 12.7 Å². The first-order valence-corrected chi connectivity index (χ1v) is 3.53. The van der Waals surface area contributed by atoms with Crippen LogP contribution in [0, 0.1) is 5.41 Å². The van der Waals surface area contributed by atoms with Gasteiger partial charge in [0.15, 0.2) is 0 Å². The molecule has 3 heteroatoms. The largest absolute Gasteiger partial charge is 0.468 e. The smallest absolute Gasteiger partial charge is 0.315 e. The van der Waals surface area contributed by atoms with Crippen LogP contribution >= 0.6 is 0 Å². The van der Waals surface area contributed by atoms with E-state index in [0.717, 1.165) is 0 Å². The van der Waals surface area contributed by atoms with Gasteiger partial charge in [-0.25, -0.2) is 0 Å². The number of rotatable bonds is 4. The third kappa shape index (κ3) is 2.35. The van der Waals surface area contributed by atoms with E-state index in [4.69, 9.17) is 5.73 Å². The lowest BCUT2D eigenvalue weighted by Crippen LogP contribution is -2.29. The number of esters is 1. The van der Waals surface area contributed by atoms with Gasteiger partial charge in [-0.3, -0.25) is 4.79 Å². The van der Waals surface area contributed by atoms with E-state index in [0.29, 0.717) is 13.0 Å². The predicted molar refractivity (Wildman–Crippen MR) is 44.0 cm³/mol. The fraction of sp³-hybridized carbons (Fsp3) is 0.625. The Morgan fingerprint density at radius 3 is 2.64 bits per heavy atom. The number of hydrogen-bond donors (Lipinski definition) is 1. The van der Waals surface area contributed by atoms with Gasteiger partial charge >= 0.3 is 5.97 Å². The standard InChI is InChI=1S/C8H15NO2/c1-4-8(2,5-6-9)7(10)11-3/h4H,1,5-6,9H2,2-3H3. The van der Waals surface area contributed by atoms with Crippen molar-refractivity contribution in [1.29, 1.82) is 0 Å². The molecule has 0 bridgehead atoms. The second-order valence-corrected chi connectivity index (χ2v) is 2.65. The van der Waals surface area contributed by atoms with Gasteiger partial charge in [-0.05, 0) is 19.9 Å². The number of carbonyl (C=O) groups excluding carboxylic acids is 1. The number of hydrogen-bond acceptors (Lipinski definition) is 3. The molecule has 3 nitrogen and oxygen atoms in total. The van der Waals surface area contributed by atoms with E-state index in [9.17, 15) is 4.79 Å². The minimum Gasteiger partial charge on any atom is -0.468 e. The number of ether oxygens (including phenoxy) is 1. The first kappa shape index (κ1) is 10.2. The van der Waals surface area contributed by atoms with E-state index in [-0.39, 0.29) is 5.97 Å². The molecule has 0 spiro atoms. The van der Waals surface area contributed by atoms with Crippen molar-refractivity contribution in [2.45, 2.75) is 13.3 Å². The van der Waals surface area contributed by atoms with Gasteiger partial charge in [-0.15, -0.1) is 6.58 Å². The molecule has 0 amide bonds. The number of nitrogens with two attached hydrogens (primary N) is 1. The average Bonchev–Trinajstić information content (AvgIpc) is 2.03. The van der Waals surface area contributed by atoms with Gasteiger partial charge in [0.2, 0.25) is 0 Å². The highest BCUT2D eigenvalue weighted by molar-refractivity contribution is 5.78. The molecule has 0 aromatic heterocycles. The monoisotopic (exact) mass is 157 g/mol. The maximum atomic E-state index is 11.1. The van der Waals surface area contributed by atoms with Crippen LogP contribution in [-0.4, -0.2) is 19.6 Å². The molecular weight excluding hydrogens is 142 g/mol. The Balaban J connectivity index is 4.31. The minimum atomic E-state index is -0.622. The van der Waals surface area contributed by atoms with Crippen molar-refractivity contribution in [3.63, 3.8) is 0 Å². The molecule has 2 N–H and O–H groups in total. The lowest BCUT2D eigenvalue weighted by Gasteiger charge is -2.20. The summed E-state index contributed by atoms with van der Waals surface area (Å²) in [6.45, 7) is 5.78. The highest BCUT2D eigenvalue weighted by Crippen LogP contribution is 2.23. The van der Waals surface area contributed by atoms with Crippen LogP contribution in [0.2, 0.25) is 0 Å². The van der Waals surface area contributed by atoms with Crippen LogP contribution in [0.3, 0.4) is 0 Å². The Bertz CT molecular complexity index is 156. The van der Waals surface area contributed by atoms with Crippen LogP contribution < -0.4 is 5.73 Å². The molecule has 11 heavy (non-hydrogen) atoms. The molecule has 0 saturated carbocycles. The maximum Gasteiger partial charge on any atom is 0.315 e. The second kappa shape index (κ2) is 4.13. The third-order valence-corrected chi connectivity index (χ3v) is 1.77. The quantitative estimate of drug-likeness (QED) is 0.482. The van der Waals surface area contributed by atoms with Gasteiger partial charge in [-0.1, -0.05) is 6.08 Å². The zero-order valence-corrected chi connectivity index (χ0v) is 7.09. The highest BCUT2D eigenvalue weighted by Gasteiger charge is 2.29. The second-order valence-electron chi connectivity index (χ2n) is 2.65. The van der Waals surface area contributed by atoms with Crippen LogP contribution in [0.1, 0.15) is 13.3 Å². The predicted octanol–water partition coefficient (Wildman–Crippen LogP) is 0.701. The molecule has 0 rings (SSSR count). The first-order valence-electron chi connectivity index (χ1n) is 3.53. The summed E-state index contributed by atoms with van der Waals surface area (Å²) in [5.74, 6) is -0.280. The van der Waals surface area contributed by atoms with E-state index < -0.39 is 5.41 Å². The topological polar surface area (TPSA) is 52.3 Å². The van der Waals surface area contributed by atoms with Gasteiger partial charge in [-0.2, -0.15) is 0 Å². The van der Waals surface area contributed by atoms with Crippen molar-refractivity contribution < 1.29 is 9.53 Å². The van der Waals surface area contributed by atoms with Crippen molar-refractivity contribution in [2.75, 3.05) is 13.7 Å². The highest BCUT2D eigenvalue weighted by atomic mass is 16.5. The van der Waals surface area contributed by atoms with E-state index >= 15 is 0 Å². The van der Waals surface area contributed by atoms with E-state index in [1.54, 1.807) is 13.0 Å². The fourth-order valence-corrected chi connectivity index (χ4v) is 0.820. The molecule has 0 aliphatic heterocycles. The summed E-state index contributed by atoms with van der Waals surface area (Å²) >= 11 is 0. The Labute approximate surface area is 67.2 Å². The normalized spacial score (nSPS) is 15.2. The molecule has 64 valence electrons. The van der Waals surface area contributed by atoms with Crippen LogP contribution in [-0.2, 0) is 9.53 Å². The van der Waals surface area contributed by atoms with Gasteiger partial charge in [0, 0.05) is 0 Å². The third-order valence-electron chi connectivity index (χ3n) is 1.77. The van der Waals surface area contributed by atoms with Crippen LogP contribution in [0.5, 0.6) is 0 Å². The molecule has 0 radical (unpaired) electrons. The summed E-state index contributed by atoms with van der Waals surface area (Å²) in [5, 5.41) is 0. The fourth-order valence-electron chi connectivity index (χ4n) is 0.820. The van der Waals surface area contributed by atoms with E-state index in [1.165, 1.54) is 7.11 Å². The Kier molecular flexibility index (Phi) is 3.82. The van der Waals surface area contributed by atoms with E-state index in [2.05, 4.69) is 11.3 Å². The number of methoxy groups -OCH3 is 1. The van der Waals surface area contributed by atoms with Crippen LogP contribution in [0.15, 0.2) is 12.7 Å². The molecule has 0 aromatic carbocycles. The van der Waals surface area contributed by atoms with Crippen LogP contribution in [0.4, 0.5) is 0 Å². The maximum absolute atomic E-state index is 11.1. The summed E-state index contributed by atoms with van der Waals surface area (Å²) in [4.78, 5) is 11.1. The summed E-state index contributed by atoms with van der Waals surface area (Å²) in [5.41, 5.74) is 4.71. The minimum absolute atomic E-state index is 0.280. The van der Waals surface area contributed by atoms with Crippen molar-refractivity contribution in [2.24, 2.45) is 11.1 Å². The van der Waals surface area contributed by atoms with Crippen molar-refractivity contribution in [3.8, 4) is 0 Å². The molecule has 0 aliphatic rings. The first-order chi connectivity index (χ1) is 5.10. The van der Waals surface area contributed by atoms with Gasteiger partial charge in [0.05, 0.1) is 12.5 Å². The Morgan fingerprint density at radius 2 is 2.36 bits per heavy atom. The molecule has 0 aromatic rings. The molecule has 1 unspecified atom stereocenters. The Morgan fingerprint density at radius 1 is 1.82 bits per heavy atom. The molecule has 0 saturated heterocycles. The molecular formula is C8H15NO2. The van der Waals surface area contributed by atoms with Crippen molar-refractivity contribution >= 4 is 5.97 Å². The number of carbonyl (C=O) groups is 1. The zero-order chi connectivity index (χ0) is 8.91. The summed E-state index contributed by atoms with van der Waals surface area (Å²) in [6.07, 6.45) is 2.15. The van der Waals surface area contributed by atoms with Gasteiger partial charge in [0.1, 0.15) is 0 Å². The lowest BCUT2D eigenvalue weighted by atomic mass is 9.87. The lowest BCUT2D eigenvalue weighted by molar-refractivity contribution is -0.149. The molecule has 0 aliphatic carbocycles. The van der Waals surface area contributed by atoms with Gasteiger partial charge in [0.25, 0.3) is 0 Å². The van der Waals surface area contributed by atoms with Crippen molar-refractivity contribution in [1.82, 2.24) is 0 Å². The zero-order valence-electron chi connectivity index (χ0n) is 7.09. The van der Waals surface area contributed by atoms with Crippen LogP contribution in [0.25, 0.3) is 0 Å². The van der Waals surface area contributed by atoms with E-state index in [1.807, 2.05) is 0 Å². The van der Waals surface area contributed by atoms with Gasteiger partial charge < -0.3 is 10.5 Å².